The zero-order chi connectivity index (χ0) is 8.89. The van der Waals surface area contributed by atoms with Crippen LogP contribution in [0.4, 0.5) is 0 Å². The number of fused-ring (bicyclic) bond motifs is 4. The van der Waals surface area contributed by atoms with Gasteiger partial charge in [-0.25, -0.2) is 0 Å². The van der Waals surface area contributed by atoms with E-state index in [1.807, 2.05) is 0 Å². The summed E-state index contributed by atoms with van der Waals surface area (Å²) in [5.74, 6) is 1.38. The lowest BCUT2D eigenvalue weighted by atomic mass is 9.62. The molecular formula is C11H19NO. The Morgan fingerprint density at radius 3 is 3.15 bits per heavy atom. The zero-order valence-electron chi connectivity index (χ0n) is 8.13. The van der Waals surface area contributed by atoms with Gasteiger partial charge in [-0.15, -0.1) is 0 Å². The van der Waals surface area contributed by atoms with Gasteiger partial charge in [-0.1, -0.05) is 12.8 Å². The van der Waals surface area contributed by atoms with Gasteiger partial charge < -0.3 is 10.4 Å². The van der Waals surface area contributed by atoms with Crippen molar-refractivity contribution in [1.82, 2.24) is 5.32 Å². The molecule has 0 aromatic carbocycles. The molecule has 3 fully saturated rings. The van der Waals surface area contributed by atoms with Crippen molar-refractivity contribution in [3.8, 4) is 0 Å². The van der Waals surface area contributed by atoms with Gasteiger partial charge in [0.1, 0.15) is 0 Å². The van der Waals surface area contributed by atoms with Gasteiger partial charge in [0.2, 0.25) is 0 Å². The lowest BCUT2D eigenvalue weighted by Crippen LogP contribution is -2.52. The van der Waals surface area contributed by atoms with Crippen molar-refractivity contribution in [2.24, 2.45) is 11.8 Å². The van der Waals surface area contributed by atoms with Crippen molar-refractivity contribution in [2.75, 3.05) is 6.54 Å². The number of hydrogen-bond donors (Lipinski definition) is 2. The lowest BCUT2D eigenvalue weighted by molar-refractivity contribution is -0.0956. The number of aliphatic hydroxyl groups is 1. The molecular weight excluding hydrogens is 162 g/mol. The molecule has 2 heteroatoms. The van der Waals surface area contributed by atoms with Crippen LogP contribution in [0.15, 0.2) is 0 Å². The van der Waals surface area contributed by atoms with Crippen LogP contribution in [0.2, 0.25) is 0 Å². The van der Waals surface area contributed by atoms with Crippen LogP contribution >= 0.6 is 0 Å². The van der Waals surface area contributed by atoms with Crippen LogP contribution in [-0.4, -0.2) is 23.3 Å². The fraction of sp³-hybridized carbons (Fsp3) is 1.00. The van der Waals surface area contributed by atoms with Gasteiger partial charge >= 0.3 is 0 Å². The van der Waals surface area contributed by atoms with Gasteiger partial charge in [0.15, 0.2) is 0 Å². The van der Waals surface area contributed by atoms with Crippen LogP contribution in [-0.2, 0) is 0 Å². The lowest BCUT2D eigenvalue weighted by Gasteiger charge is -2.48. The minimum absolute atomic E-state index is 0.282. The van der Waals surface area contributed by atoms with E-state index in [0.29, 0.717) is 12.0 Å². The third-order valence-electron chi connectivity index (χ3n) is 4.49. The molecule has 74 valence electrons. The predicted octanol–water partition coefficient (Wildman–Crippen LogP) is 1.29. The largest absolute Gasteiger partial charge is 0.390 e. The van der Waals surface area contributed by atoms with E-state index < -0.39 is 0 Å². The van der Waals surface area contributed by atoms with Gasteiger partial charge in [0.05, 0.1) is 5.60 Å². The van der Waals surface area contributed by atoms with E-state index in [4.69, 9.17) is 0 Å². The summed E-state index contributed by atoms with van der Waals surface area (Å²) in [6.45, 7) is 1.13. The Bertz CT molecular complexity index is 218. The second-order valence-electron chi connectivity index (χ2n) is 5.26. The highest BCUT2D eigenvalue weighted by atomic mass is 16.3. The maximum absolute atomic E-state index is 10.5. The first-order valence-electron chi connectivity index (χ1n) is 5.74. The molecule has 3 aliphatic rings. The van der Waals surface area contributed by atoms with Crippen molar-refractivity contribution in [3.05, 3.63) is 0 Å². The molecule has 2 nitrogen and oxygen atoms in total. The average Bonchev–Trinajstić information content (AvgIpc) is 2.52. The van der Waals surface area contributed by atoms with Crippen molar-refractivity contribution in [2.45, 2.75) is 50.2 Å². The summed E-state index contributed by atoms with van der Waals surface area (Å²) >= 11 is 0. The maximum atomic E-state index is 10.5. The quantitative estimate of drug-likeness (QED) is 0.590. The molecule has 0 amide bonds. The predicted molar refractivity (Wildman–Crippen MR) is 51.4 cm³/mol. The van der Waals surface area contributed by atoms with Gasteiger partial charge in [0, 0.05) is 12.0 Å². The van der Waals surface area contributed by atoms with Gasteiger partial charge in [-0.3, -0.25) is 0 Å². The first-order valence-corrected chi connectivity index (χ1v) is 5.74. The topological polar surface area (TPSA) is 32.3 Å². The van der Waals surface area contributed by atoms with Crippen molar-refractivity contribution >= 4 is 0 Å². The summed E-state index contributed by atoms with van der Waals surface area (Å²) in [5.41, 5.74) is -0.282. The Morgan fingerprint density at radius 1 is 1.31 bits per heavy atom. The fourth-order valence-corrected chi connectivity index (χ4v) is 3.96. The van der Waals surface area contributed by atoms with Crippen LogP contribution in [0, 0.1) is 11.8 Å². The summed E-state index contributed by atoms with van der Waals surface area (Å²) in [6.07, 6.45) is 7.29. The van der Waals surface area contributed by atoms with Crippen LogP contribution in [0.3, 0.4) is 0 Å². The first kappa shape index (κ1) is 8.25. The maximum Gasteiger partial charge on any atom is 0.0693 e. The molecule has 2 saturated carbocycles. The highest BCUT2D eigenvalue weighted by molar-refractivity contribution is 5.05. The Labute approximate surface area is 79.7 Å². The molecule has 0 unspecified atom stereocenters. The van der Waals surface area contributed by atoms with E-state index in [1.54, 1.807) is 0 Å². The summed E-state index contributed by atoms with van der Waals surface area (Å²) in [6, 6.07) is 0.643. The fourth-order valence-electron chi connectivity index (χ4n) is 3.96. The zero-order valence-corrected chi connectivity index (χ0v) is 8.13. The number of nitrogens with one attached hydrogen (secondary N) is 1. The third-order valence-corrected chi connectivity index (χ3v) is 4.49. The average molecular weight is 181 g/mol. The van der Waals surface area contributed by atoms with E-state index in [2.05, 4.69) is 5.32 Å². The molecule has 1 heterocycles. The van der Waals surface area contributed by atoms with E-state index in [-0.39, 0.29) is 5.60 Å². The highest BCUT2D eigenvalue weighted by Crippen LogP contribution is 2.48. The summed E-state index contributed by atoms with van der Waals surface area (Å²) in [5, 5.41) is 14.1. The second kappa shape index (κ2) is 2.71. The Balaban J connectivity index is 1.89. The number of rotatable bonds is 0. The van der Waals surface area contributed by atoms with Gasteiger partial charge in [0.25, 0.3) is 0 Å². The summed E-state index contributed by atoms with van der Waals surface area (Å²) in [7, 11) is 0. The highest BCUT2D eigenvalue weighted by Gasteiger charge is 2.50. The standard InChI is InChI=1S/C11H19NO/c13-11-4-1-2-8(7-11)6-10-9(11)3-5-12-10/h8-10,12-13H,1-7H2/t8-,9+,10+,11+/m1/s1. The molecule has 2 N–H and O–H groups in total. The second-order valence-corrected chi connectivity index (χ2v) is 5.26. The molecule has 13 heavy (non-hydrogen) atoms. The molecule has 0 spiro atoms. The molecule has 1 saturated heterocycles. The Hall–Kier alpha value is -0.0800. The molecule has 3 rings (SSSR count). The monoisotopic (exact) mass is 181 g/mol. The minimum Gasteiger partial charge on any atom is -0.390 e. The van der Waals surface area contributed by atoms with E-state index in [1.165, 1.54) is 25.7 Å². The molecule has 2 aliphatic carbocycles. The minimum atomic E-state index is -0.282. The normalized spacial score (nSPS) is 54.7. The van der Waals surface area contributed by atoms with Crippen molar-refractivity contribution < 1.29 is 5.11 Å². The van der Waals surface area contributed by atoms with Crippen molar-refractivity contribution in [1.29, 1.82) is 0 Å². The van der Waals surface area contributed by atoms with E-state index in [0.717, 1.165) is 25.3 Å². The van der Waals surface area contributed by atoms with Crippen molar-refractivity contribution in [3.63, 3.8) is 0 Å². The molecule has 1 aliphatic heterocycles. The van der Waals surface area contributed by atoms with Crippen LogP contribution < -0.4 is 5.32 Å². The van der Waals surface area contributed by atoms with Crippen LogP contribution in [0.1, 0.15) is 38.5 Å². The van der Waals surface area contributed by atoms with E-state index >= 15 is 0 Å². The van der Waals surface area contributed by atoms with Gasteiger partial charge in [-0.2, -0.15) is 0 Å². The Morgan fingerprint density at radius 2 is 2.23 bits per heavy atom. The molecule has 4 atom stereocenters. The SMILES string of the molecule is O[C@]12CCC[C@H](C[C@@H]3NCC[C@@H]31)C2. The van der Waals surface area contributed by atoms with Gasteiger partial charge in [-0.05, 0) is 38.1 Å². The third kappa shape index (κ3) is 1.15. The van der Waals surface area contributed by atoms with E-state index in [9.17, 15) is 5.11 Å². The first-order chi connectivity index (χ1) is 6.28. The van der Waals surface area contributed by atoms with Crippen LogP contribution in [0.25, 0.3) is 0 Å². The smallest absolute Gasteiger partial charge is 0.0693 e. The van der Waals surface area contributed by atoms with Crippen LogP contribution in [0.5, 0.6) is 0 Å². The number of hydrogen-bond acceptors (Lipinski definition) is 2. The summed E-state index contributed by atoms with van der Waals surface area (Å²) in [4.78, 5) is 0. The molecule has 0 radical (unpaired) electrons. The Kier molecular flexibility index (Phi) is 1.72. The summed E-state index contributed by atoms with van der Waals surface area (Å²) < 4.78 is 0. The molecule has 0 aromatic rings. The molecule has 0 aromatic heterocycles. The molecule has 2 bridgehead atoms.